The molecular weight excluding hydrogens is 330 g/mol. The molecule has 3 rings (SSSR count). The molecule has 4 nitrogen and oxygen atoms in total. The van der Waals surface area contributed by atoms with Crippen molar-refractivity contribution in [2.45, 2.75) is 19.9 Å². The van der Waals surface area contributed by atoms with Crippen molar-refractivity contribution in [1.29, 1.82) is 0 Å². The van der Waals surface area contributed by atoms with E-state index in [9.17, 15) is 5.11 Å². The average Bonchev–Trinajstić information content (AvgIpc) is 2.76. The predicted molar refractivity (Wildman–Crippen MR) is 89.3 cm³/mol. The summed E-state index contributed by atoms with van der Waals surface area (Å²) in [6.45, 7) is 4.20. The van der Waals surface area contributed by atoms with Crippen LogP contribution >= 0.6 is 15.9 Å². The third-order valence-electron chi connectivity index (χ3n) is 3.43. The minimum absolute atomic E-state index is 0.145. The van der Waals surface area contributed by atoms with E-state index in [1.807, 2.05) is 18.2 Å². The normalized spacial score (nSPS) is 11.4. The molecule has 0 saturated carbocycles. The maximum atomic E-state index is 10.2. The summed E-state index contributed by atoms with van der Waals surface area (Å²) in [7, 11) is 0. The number of nitrogens with zero attached hydrogens (tertiary/aromatic N) is 2. The van der Waals surface area contributed by atoms with Crippen molar-refractivity contribution in [3.8, 4) is 17.1 Å². The van der Waals surface area contributed by atoms with Gasteiger partial charge >= 0.3 is 0 Å². The number of nitrogen functional groups attached to an aromatic ring is 1. The smallest absolute Gasteiger partial charge is 0.145 e. The van der Waals surface area contributed by atoms with Gasteiger partial charge in [-0.3, -0.25) is 0 Å². The number of hydrogen-bond acceptors (Lipinski definition) is 3. The lowest BCUT2D eigenvalue weighted by Crippen LogP contribution is -2.03. The van der Waals surface area contributed by atoms with Crippen LogP contribution in [0.4, 0.5) is 5.69 Å². The van der Waals surface area contributed by atoms with Gasteiger partial charge in [0.2, 0.25) is 0 Å². The molecule has 1 heterocycles. The van der Waals surface area contributed by atoms with Gasteiger partial charge < -0.3 is 15.4 Å². The molecule has 1 aromatic heterocycles. The standard InChI is InChI=1S/C16H16BrN3O/c1-9(2)20-14-6-3-10(17)7-13(14)19-16(20)12-5-4-11(18)8-15(12)21/h3-9,21H,18H2,1-2H3. The van der Waals surface area contributed by atoms with Crippen molar-refractivity contribution in [3.05, 3.63) is 40.9 Å². The summed E-state index contributed by atoms with van der Waals surface area (Å²) in [5.74, 6) is 0.891. The van der Waals surface area contributed by atoms with Crippen LogP contribution in [0.2, 0.25) is 0 Å². The molecule has 5 heteroatoms. The topological polar surface area (TPSA) is 64.1 Å². The van der Waals surface area contributed by atoms with Crippen molar-refractivity contribution in [1.82, 2.24) is 9.55 Å². The molecule has 0 aliphatic rings. The second-order valence-electron chi connectivity index (χ2n) is 5.31. The highest BCUT2D eigenvalue weighted by molar-refractivity contribution is 9.10. The number of anilines is 1. The van der Waals surface area contributed by atoms with Gasteiger partial charge in [-0.1, -0.05) is 15.9 Å². The van der Waals surface area contributed by atoms with Crippen molar-refractivity contribution in [2.75, 3.05) is 5.73 Å². The van der Waals surface area contributed by atoms with E-state index in [0.29, 0.717) is 11.3 Å². The van der Waals surface area contributed by atoms with Gasteiger partial charge in [0, 0.05) is 22.3 Å². The van der Waals surface area contributed by atoms with Crippen molar-refractivity contribution >= 4 is 32.7 Å². The minimum atomic E-state index is 0.145. The number of aromatic hydroxyl groups is 1. The molecule has 0 aliphatic heterocycles. The van der Waals surface area contributed by atoms with Crippen LogP contribution < -0.4 is 5.73 Å². The fourth-order valence-corrected chi connectivity index (χ4v) is 2.87. The Hall–Kier alpha value is -2.01. The van der Waals surface area contributed by atoms with Crippen LogP contribution in [-0.4, -0.2) is 14.7 Å². The molecule has 2 aromatic carbocycles. The van der Waals surface area contributed by atoms with E-state index in [1.54, 1.807) is 18.2 Å². The number of imidazole rings is 1. The third kappa shape index (κ3) is 2.38. The summed E-state index contributed by atoms with van der Waals surface area (Å²) in [6, 6.07) is 11.4. The van der Waals surface area contributed by atoms with E-state index < -0.39 is 0 Å². The first-order valence-corrected chi connectivity index (χ1v) is 7.53. The Morgan fingerprint density at radius 3 is 2.62 bits per heavy atom. The maximum absolute atomic E-state index is 10.2. The van der Waals surface area contributed by atoms with Gasteiger partial charge in [-0.15, -0.1) is 0 Å². The van der Waals surface area contributed by atoms with Crippen LogP contribution in [0.1, 0.15) is 19.9 Å². The van der Waals surface area contributed by atoms with E-state index in [-0.39, 0.29) is 11.8 Å². The summed E-state index contributed by atoms with van der Waals surface area (Å²) < 4.78 is 3.10. The van der Waals surface area contributed by atoms with Gasteiger partial charge in [0.25, 0.3) is 0 Å². The monoisotopic (exact) mass is 345 g/mol. The Kier molecular flexibility index (Phi) is 3.37. The van der Waals surface area contributed by atoms with Crippen LogP contribution in [0.3, 0.4) is 0 Å². The molecule has 0 aliphatic carbocycles. The summed E-state index contributed by atoms with van der Waals surface area (Å²) in [4.78, 5) is 4.69. The average molecular weight is 346 g/mol. The van der Waals surface area contributed by atoms with Crippen LogP contribution in [0.25, 0.3) is 22.4 Å². The highest BCUT2D eigenvalue weighted by Crippen LogP contribution is 2.35. The summed E-state index contributed by atoms with van der Waals surface area (Å²) in [5, 5.41) is 10.2. The first kappa shape index (κ1) is 13.9. The highest BCUT2D eigenvalue weighted by Gasteiger charge is 2.17. The zero-order chi connectivity index (χ0) is 15.1. The molecule has 0 saturated heterocycles. The number of nitrogens with two attached hydrogens (primary N) is 1. The number of hydrogen-bond donors (Lipinski definition) is 2. The summed E-state index contributed by atoms with van der Waals surface area (Å²) >= 11 is 3.47. The summed E-state index contributed by atoms with van der Waals surface area (Å²) in [5.41, 5.74) is 8.86. The lowest BCUT2D eigenvalue weighted by molar-refractivity contribution is 0.476. The van der Waals surface area contributed by atoms with Crippen LogP contribution in [-0.2, 0) is 0 Å². The van der Waals surface area contributed by atoms with Gasteiger partial charge in [-0.2, -0.15) is 0 Å². The third-order valence-corrected chi connectivity index (χ3v) is 3.92. The number of halogens is 1. The van der Waals surface area contributed by atoms with Crippen molar-refractivity contribution in [3.63, 3.8) is 0 Å². The Balaban J connectivity index is 2.33. The number of benzene rings is 2. The summed E-state index contributed by atoms with van der Waals surface area (Å²) in [6.07, 6.45) is 0. The first-order chi connectivity index (χ1) is 9.97. The van der Waals surface area contributed by atoms with Crippen LogP contribution in [0.5, 0.6) is 5.75 Å². The number of phenolic OH excluding ortho intramolecular Hbond substituents is 1. The number of rotatable bonds is 2. The molecule has 0 spiro atoms. The zero-order valence-corrected chi connectivity index (χ0v) is 13.4. The van der Waals surface area contributed by atoms with E-state index in [4.69, 9.17) is 5.73 Å². The second kappa shape index (κ2) is 5.07. The van der Waals surface area contributed by atoms with E-state index >= 15 is 0 Å². The van der Waals surface area contributed by atoms with Gasteiger partial charge in [0.05, 0.1) is 16.6 Å². The Labute approximate surface area is 131 Å². The molecule has 0 amide bonds. The van der Waals surface area contributed by atoms with Gasteiger partial charge in [0.15, 0.2) is 0 Å². The quantitative estimate of drug-likeness (QED) is 0.679. The zero-order valence-electron chi connectivity index (χ0n) is 11.8. The highest BCUT2D eigenvalue weighted by atomic mass is 79.9. The van der Waals surface area contributed by atoms with E-state index in [2.05, 4.69) is 39.3 Å². The molecule has 0 atom stereocenters. The first-order valence-electron chi connectivity index (χ1n) is 6.73. The van der Waals surface area contributed by atoms with E-state index in [1.165, 1.54) is 0 Å². The number of aromatic nitrogens is 2. The Morgan fingerprint density at radius 2 is 1.95 bits per heavy atom. The lowest BCUT2D eigenvalue weighted by Gasteiger charge is -2.14. The largest absolute Gasteiger partial charge is 0.507 e. The minimum Gasteiger partial charge on any atom is -0.507 e. The van der Waals surface area contributed by atoms with Crippen LogP contribution in [0.15, 0.2) is 40.9 Å². The Morgan fingerprint density at radius 1 is 1.19 bits per heavy atom. The number of phenols is 1. The van der Waals surface area contributed by atoms with Gasteiger partial charge in [-0.05, 0) is 44.2 Å². The molecular formula is C16H16BrN3O. The molecule has 0 radical (unpaired) electrons. The fraction of sp³-hybridized carbons (Fsp3) is 0.188. The SMILES string of the molecule is CC(C)n1c(-c2ccc(N)cc2O)nc2cc(Br)ccc21. The van der Waals surface area contributed by atoms with Gasteiger partial charge in [0.1, 0.15) is 11.6 Å². The molecule has 3 aromatic rings. The lowest BCUT2D eigenvalue weighted by atomic mass is 10.1. The maximum Gasteiger partial charge on any atom is 0.145 e. The molecule has 21 heavy (non-hydrogen) atoms. The predicted octanol–water partition coefficient (Wildman–Crippen LogP) is 4.33. The fourth-order valence-electron chi connectivity index (χ4n) is 2.52. The Bertz CT molecular complexity index is 824. The molecule has 0 unspecified atom stereocenters. The van der Waals surface area contributed by atoms with Crippen molar-refractivity contribution < 1.29 is 5.11 Å². The van der Waals surface area contributed by atoms with Crippen LogP contribution in [0, 0.1) is 0 Å². The second-order valence-corrected chi connectivity index (χ2v) is 6.22. The number of fused-ring (bicyclic) bond motifs is 1. The molecule has 0 bridgehead atoms. The molecule has 3 N–H and O–H groups in total. The van der Waals surface area contributed by atoms with E-state index in [0.717, 1.165) is 21.3 Å². The van der Waals surface area contributed by atoms with Gasteiger partial charge in [-0.25, -0.2) is 4.98 Å². The van der Waals surface area contributed by atoms with Crippen molar-refractivity contribution in [2.24, 2.45) is 0 Å². The molecule has 0 fully saturated rings. The molecule has 108 valence electrons.